The molecule has 1 aromatic heterocycles. The van der Waals surface area contributed by atoms with Gasteiger partial charge in [-0.05, 0) is 19.3 Å². The van der Waals surface area contributed by atoms with E-state index in [-0.39, 0.29) is 6.61 Å². The molecule has 0 amide bonds. The summed E-state index contributed by atoms with van der Waals surface area (Å²) in [6.07, 6.45) is 7.55. The largest absolute Gasteiger partial charge is 0.390 e. The van der Waals surface area contributed by atoms with Crippen molar-refractivity contribution in [2.24, 2.45) is 5.92 Å². The Morgan fingerprint density at radius 2 is 2.46 bits per heavy atom. The van der Waals surface area contributed by atoms with Crippen LogP contribution in [0.3, 0.4) is 0 Å². The minimum Gasteiger partial charge on any atom is -0.390 e. The molecule has 0 saturated heterocycles. The summed E-state index contributed by atoms with van der Waals surface area (Å²) in [6.45, 7) is 2.29. The molecule has 1 aliphatic rings. The van der Waals surface area contributed by atoms with Crippen LogP contribution in [0.1, 0.15) is 37.9 Å². The highest BCUT2D eigenvalue weighted by atomic mass is 16.3. The van der Waals surface area contributed by atoms with Crippen LogP contribution in [0.25, 0.3) is 0 Å². The minimum atomic E-state index is 0.0923. The maximum absolute atomic E-state index is 9.05. The Kier molecular flexibility index (Phi) is 2.36. The summed E-state index contributed by atoms with van der Waals surface area (Å²) in [4.78, 5) is 4.04. The fourth-order valence-electron chi connectivity index (χ4n) is 1.80. The summed E-state index contributed by atoms with van der Waals surface area (Å²) in [5, 5.41) is 9.05. The zero-order chi connectivity index (χ0) is 9.26. The average Bonchev–Trinajstić information content (AvgIpc) is 2.82. The number of aromatic nitrogens is 2. The van der Waals surface area contributed by atoms with Gasteiger partial charge in [-0.15, -0.1) is 0 Å². The molecule has 2 rings (SSSR count). The first kappa shape index (κ1) is 8.75. The summed E-state index contributed by atoms with van der Waals surface area (Å²) in [5.41, 5.74) is 0.924. The second-order valence-electron chi connectivity index (χ2n) is 3.98. The summed E-state index contributed by atoms with van der Waals surface area (Å²) in [5.74, 6) is 0.920. The van der Waals surface area contributed by atoms with E-state index in [0.29, 0.717) is 6.04 Å². The van der Waals surface area contributed by atoms with E-state index in [4.69, 9.17) is 5.11 Å². The van der Waals surface area contributed by atoms with E-state index in [0.717, 1.165) is 11.6 Å². The van der Waals surface area contributed by atoms with E-state index in [9.17, 15) is 0 Å². The molecule has 13 heavy (non-hydrogen) atoms. The van der Waals surface area contributed by atoms with Crippen molar-refractivity contribution in [3.8, 4) is 0 Å². The van der Waals surface area contributed by atoms with E-state index in [1.165, 1.54) is 19.3 Å². The van der Waals surface area contributed by atoms with Crippen molar-refractivity contribution in [2.75, 3.05) is 0 Å². The Morgan fingerprint density at radius 1 is 1.69 bits per heavy atom. The molecule has 0 bridgehead atoms. The molecule has 0 aliphatic heterocycles. The minimum absolute atomic E-state index is 0.0923. The van der Waals surface area contributed by atoms with E-state index >= 15 is 0 Å². The highest BCUT2D eigenvalue weighted by Crippen LogP contribution is 2.36. The SMILES string of the molecule is CC(CC1CC1)n1cncc1CO. The Bertz CT molecular complexity index is 278. The van der Waals surface area contributed by atoms with Crippen LogP contribution in [0.15, 0.2) is 12.5 Å². The Morgan fingerprint density at radius 3 is 3.08 bits per heavy atom. The lowest BCUT2D eigenvalue weighted by molar-refractivity contribution is 0.265. The van der Waals surface area contributed by atoms with Crippen molar-refractivity contribution >= 4 is 0 Å². The van der Waals surface area contributed by atoms with Crippen molar-refractivity contribution < 1.29 is 5.11 Å². The Balaban J connectivity index is 2.04. The van der Waals surface area contributed by atoms with Crippen LogP contribution in [-0.4, -0.2) is 14.7 Å². The summed E-state index contributed by atoms with van der Waals surface area (Å²) in [6, 6.07) is 0.483. The number of aliphatic hydroxyl groups is 1. The molecule has 3 heteroatoms. The molecule has 0 spiro atoms. The summed E-state index contributed by atoms with van der Waals surface area (Å²) in [7, 11) is 0. The van der Waals surface area contributed by atoms with Gasteiger partial charge in [0, 0.05) is 6.04 Å². The molecule has 1 aliphatic carbocycles. The Labute approximate surface area is 78.4 Å². The van der Waals surface area contributed by atoms with Gasteiger partial charge in [0.1, 0.15) is 0 Å². The lowest BCUT2D eigenvalue weighted by atomic mass is 10.1. The van der Waals surface area contributed by atoms with Gasteiger partial charge in [0.25, 0.3) is 0 Å². The van der Waals surface area contributed by atoms with Gasteiger partial charge in [-0.3, -0.25) is 0 Å². The van der Waals surface area contributed by atoms with Crippen molar-refractivity contribution in [1.29, 1.82) is 0 Å². The van der Waals surface area contributed by atoms with Gasteiger partial charge in [-0.1, -0.05) is 12.8 Å². The summed E-state index contributed by atoms with van der Waals surface area (Å²) < 4.78 is 2.08. The zero-order valence-corrected chi connectivity index (χ0v) is 7.98. The van der Waals surface area contributed by atoms with E-state index in [1.807, 2.05) is 6.33 Å². The fraction of sp³-hybridized carbons (Fsp3) is 0.700. The highest BCUT2D eigenvalue weighted by molar-refractivity contribution is 4.98. The first-order valence-electron chi connectivity index (χ1n) is 4.93. The lowest BCUT2D eigenvalue weighted by Crippen LogP contribution is -2.08. The lowest BCUT2D eigenvalue weighted by Gasteiger charge is -2.14. The molecular weight excluding hydrogens is 164 g/mol. The third-order valence-corrected chi connectivity index (χ3v) is 2.75. The van der Waals surface area contributed by atoms with Crippen molar-refractivity contribution in [3.63, 3.8) is 0 Å². The topological polar surface area (TPSA) is 38.0 Å². The third-order valence-electron chi connectivity index (χ3n) is 2.75. The number of aliphatic hydroxyl groups excluding tert-OH is 1. The van der Waals surface area contributed by atoms with Gasteiger partial charge in [-0.2, -0.15) is 0 Å². The van der Waals surface area contributed by atoms with Crippen LogP contribution in [0.2, 0.25) is 0 Å². The molecule has 72 valence electrons. The number of rotatable bonds is 4. The number of hydrogen-bond donors (Lipinski definition) is 1. The quantitative estimate of drug-likeness (QED) is 0.766. The van der Waals surface area contributed by atoms with Crippen LogP contribution >= 0.6 is 0 Å². The van der Waals surface area contributed by atoms with Gasteiger partial charge < -0.3 is 9.67 Å². The second kappa shape index (κ2) is 3.50. The number of nitrogens with zero attached hydrogens (tertiary/aromatic N) is 2. The smallest absolute Gasteiger partial charge is 0.0951 e. The van der Waals surface area contributed by atoms with Gasteiger partial charge in [0.05, 0.1) is 24.8 Å². The van der Waals surface area contributed by atoms with E-state index in [2.05, 4.69) is 16.5 Å². The van der Waals surface area contributed by atoms with Crippen molar-refractivity contribution in [2.45, 2.75) is 38.8 Å². The monoisotopic (exact) mass is 180 g/mol. The number of hydrogen-bond acceptors (Lipinski definition) is 2. The van der Waals surface area contributed by atoms with Gasteiger partial charge in [0.15, 0.2) is 0 Å². The van der Waals surface area contributed by atoms with Crippen molar-refractivity contribution in [1.82, 2.24) is 9.55 Å². The van der Waals surface area contributed by atoms with E-state index in [1.54, 1.807) is 6.20 Å². The molecule has 0 radical (unpaired) electrons. The number of imidazole rings is 1. The average molecular weight is 180 g/mol. The Hall–Kier alpha value is -0.830. The van der Waals surface area contributed by atoms with Gasteiger partial charge >= 0.3 is 0 Å². The highest BCUT2D eigenvalue weighted by Gasteiger charge is 2.24. The maximum atomic E-state index is 9.05. The third kappa shape index (κ3) is 1.91. The molecule has 1 unspecified atom stereocenters. The first-order chi connectivity index (χ1) is 6.31. The zero-order valence-electron chi connectivity index (χ0n) is 7.98. The predicted molar refractivity (Wildman–Crippen MR) is 50.2 cm³/mol. The predicted octanol–water partition coefficient (Wildman–Crippen LogP) is 1.74. The normalized spacial score (nSPS) is 18.9. The first-order valence-corrected chi connectivity index (χ1v) is 4.93. The molecule has 1 fully saturated rings. The van der Waals surface area contributed by atoms with Crippen molar-refractivity contribution in [3.05, 3.63) is 18.2 Å². The molecule has 0 aromatic carbocycles. The molecule has 1 aromatic rings. The molecule has 1 heterocycles. The molecule has 1 N–H and O–H groups in total. The van der Waals surface area contributed by atoms with Crippen LogP contribution < -0.4 is 0 Å². The van der Waals surface area contributed by atoms with Crippen LogP contribution in [0.5, 0.6) is 0 Å². The molecule has 3 nitrogen and oxygen atoms in total. The standard InChI is InChI=1S/C10H16N2O/c1-8(4-9-2-3-9)12-7-11-5-10(12)6-13/h5,7-9,13H,2-4,6H2,1H3. The van der Waals surface area contributed by atoms with Crippen LogP contribution in [0, 0.1) is 5.92 Å². The molecule has 1 atom stereocenters. The molecular formula is C10H16N2O. The second-order valence-corrected chi connectivity index (χ2v) is 3.98. The van der Waals surface area contributed by atoms with Gasteiger partial charge in [0.2, 0.25) is 0 Å². The van der Waals surface area contributed by atoms with Gasteiger partial charge in [-0.25, -0.2) is 4.98 Å². The van der Waals surface area contributed by atoms with E-state index < -0.39 is 0 Å². The summed E-state index contributed by atoms with van der Waals surface area (Å²) >= 11 is 0. The molecule has 1 saturated carbocycles. The fourth-order valence-corrected chi connectivity index (χ4v) is 1.80. The van der Waals surface area contributed by atoms with Crippen LogP contribution in [0.4, 0.5) is 0 Å². The maximum Gasteiger partial charge on any atom is 0.0951 e. The van der Waals surface area contributed by atoms with Crippen LogP contribution in [-0.2, 0) is 6.61 Å².